The van der Waals surface area contributed by atoms with Crippen LogP contribution in [0, 0.1) is 5.92 Å². The molecule has 1 fully saturated rings. The van der Waals surface area contributed by atoms with Crippen molar-refractivity contribution >= 4 is 11.6 Å². The highest BCUT2D eigenvalue weighted by atomic mass is 35.5. The molecule has 4 nitrogen and oxygen atoms in total. The van der Waals surface area contributed by atoms with Gasteiger partial charge in [-0.1, -0.05) is 18.5 Å². The molecule has 2 atom stereocenters. The number of ether oxygens (including phenoxy) is 2. The van der Waals surface area contributed by atoms with Gasteiger partial charge in [-0.05, 0) is 36.6 Å². The quantitative estimate of drug-likeness (QED) is 0.912. The molecule has 3 rings (SSSR count). The minimum atomic E-state index is -0.241. The molecule has 0 spiro atoms. The van der Waals surface area contributed by atoms with Gasteiger partial charge in [-0.25, -0.2) is 0 Å². The molecule has 2 unspecified atom stereocenters. The third-order valence-electron chi connectivity index (χ3n) is 4.27. The third kappa shape index (κ3) is 3.44. The van der Waals surface area contributed by atoms with Crippen LogP contribution in [0.3, 0.4) is 0 Å². The van der Waals surface area contributed by atoms with Crippen LogP contribution in [0.5, 0.6) is 11.5 Å². The number of likely N-dealkylation sites (tertiary alicyclic amines) is 1. The van der Waals surface area contributed by atoms with Crippen LogP contribution in [0.2, 0.25) is 5.02 Å². The van der Waals surface area contributed by atoms with Crippen molar-refractivity contribution in [2.75, 3.05) is 26.3 Å². The van der Waals surface area contributed by atoms with Gasteiger partial charge < -0.3 is 14.6 Å². The first-order valence-electron chi connectivity index (χ1n) is 7.62. The number of piperidine rings is 1. The van der Waals surface area contributed by atoms with E-state index in [-0.39, 0.29) is 6.10 Å². The molecular weight excluding hydrogens is 290 g/mol. The molecule has 0 radical (unpaired) electrons. The van der Waals surface area contributed by atoms with Gasteiger partial charge in [0.15, 0.2) is 11.5 Å². The predicted molar refractivity (Wildman–Crippen MR) is 82.1 cm³/mol. The number of β-amino-alcohol motifs (C(OH)–C–C–N with tert-alkyl or cyclic N) is 1. The lowest BCUT2D eigenvalue weighted by Gasteiger charge is -2.34. The van der Waals surface area contributed by atoms with Gasteiger partial charge in [-0.15, -0.1) is 0 Å². The van der Waals surface area contributed by atoms with Crippen molar-refractivity contribution in [1.82, 2.24) is 4.90 Å². The molecule has 0 saturated carbocycles. The Kier molecular flexibility index (Phi) is 4.57. The molecule has 116 valence electrons. The summed E-state index contributed by atoms with van der Waals surface area (Å²) in [4.78, 5) is 2.26. The summed E-state index contributed by atoms with van der Waals surface area (Å²) in [6, 6.07) is 3.95. The average molecular weight is 312 g/mol. The number of hydrogen-bond acceptors (Lipinski definition) is 4. The molecule has 2 heterocycles. The van der Waals surface area contributed by atoms with Gasteiger partial charge in [0.25, 0.3) is 0 Å². The average Bonchev–Trinajstić information content (AvgIpc) is 2.69. The van der Waals surface area contributed by atoms with Crippen LogP contribution in [0.25, 0.3) is 0 Å². The molecule has 0 bridgehead atoms. The van der Waals surface area contributed by atoms with E-state index in [9.17, 15) is 5.11 Å². The Morgan fingerprint density at radius 2 is 2.14 bits per heavy atom. The van der Waals surface area contributed by atoms with Crippen molar-refractivity contribution in [3.05, 3.63) is 22.7 Å². The van der Waals surface area contributed by atoms with E-state index in [0.29, 0.717) is 36.4 Å². The number of benzene rings is 1. The van der Waals surface area contributed by atoms with Crippen LogP contribution in [-0.4, -0.2) is 42.4 Å². The summed E-state index contributed by atoms with van der Waals surface area (Å²) in [5.74, 6) is 1.78. The minimum absolute atomic E-state index is 0.241. The van der Waals surface area contributed by atoms with Gasteiger partial charge in [0.1, 0.15) is 0 Å². The summed E-state index contributed by atoms with van der Waals surface area (Å²) in [6.45, 7) is 5.90. The maximum absolute atomic E-state index is 10.00. The molecule has 1 saturated heterocycles. The number of fused-ring (bicyclic) bond motifs is 1. The van der Waals surface area contributed by atoms with E-state index >= 15 is 0 Å². The summed E-state index contributed by atoms with van der Waals surface area (Å²) in [5.41, 5.74) is 1.10. The Morgan fingerprint density at radius 3 is 2.95 bits per heavy atom. The monoisotopic (exact) mass is 311 g/mol. The second-order valence-corrected chi connectivity index (χ2v) is 6.43. The van der Waals surface area contributed by atoms with Crippen LogP contribution >= 0.6 is 11.6 Å². The fraction of sp³-hybridized carbons (Fsp3) is 0.625. The lowest BCUT2D eigenvalue weighted by atomic mass is 9.96. The lowest BCUT2D eigenvalue weighted by molar-refractivity contribution is 0.0259. The molecule has 1 aromatic rings. The first-order chi connectivity index (χ1) is 10.1. The van der Waals surface area contributed by atoms with Crippen molar-refractivity contribution in [2.24, 2.45) is 5.92 Å². The summed E-state index contributed by atoms with van der Waals surface area (Å²) >= 11 is 6.32. The molecule has 1 N–H and O–H groups in total. The predicted octanol–water partition coefficient (Wildman–Crippen LogP) is 2.70. The van der Waals surface area contributed by atoms with Crippen molar-refractivity contribution in [1.29, 1.82) is 0 Å². The van der Waals surface area contributed by atoms with Crippen molar-refractivity contribution < 1.29 is 14.6 Å². The number of aliphatic hydroxyl groups is 1. The van der Waals surface area contributed by atoms with E-state index < -0.39 is 0 Å². The molecule has 21 heavy (non-hydrogen) atoms. The molecule has 1 aromatic carbocycles. The zero-order valence-corrected chi connectivity index (χ0v) is 13.1. The highest BCUT2D eigenvalue weighted by Crippen LogP contribution is 2.38. The van der Waals surface area contributed by atoms with E-state index in [1.54, 1.807) is 0 Å². The van der Waals surface area contributed by atoms with Gasteiger partial charge in [-0.2, -0.15) is 0 Å². The second kappa shape index (κ2) is 6.42. The number of hydrogen-bond donors (Lipinski definition) is 1. The summed E-state index contributed by atoms with van der Waals surface area (Å²) in [6.07, 6.45) is 1.66. The standard InChI is InChI=1S/C16H22ClNO3/c1-11-3-4-18(10-14(11)19)9-12-7-13(17)16-15(8-12)20-5-2-6-21-16/h7-8,11,14,19H,2-6,9-10H2,1H3. The summed E-state index contributed by atoms with van der Waals surface area (Å²) in [7, 11) is 0. The third-order valence-corrected chi connectivity index (χ3v) is 4.55. The maximum atomic E-state index is 10.00. The molecule has 2 aliphatic heterocycles. The SMILES string of the molecule is CC1CCN(Cc2cc(Cl)c3c(c2)OCCCO3)CC1O. The Morgan fingerprint density at radius 1 is 1.33 bits per heavy atom. The fourth-order valence-electron chi connectivity index (χ4n) is 2.89. The molecule has 0 aliphatic carbocycles. The minimum Gasteiger partial charge on any atom is -0.489 e. The molecule has 0 aromatic heterocycles. The van der Waals surface area contributed by atoms with Crippen LogP contribution in [0.1, 0.15) is 25.3 Å². The zero-order valence-electron chi connectivity index (χ0n) is 12.3. The van der Waals surface area contributed by atoms with Crippen molar-refractivity contribution in [2.45, 2.75) is 32.4 Å². The van der Waals surface area contributed by atoms with Gasteiger partial charge in [0, 0.05) is 19.5 Å². The van der Waals surface area contributed by atoms with E-state index in [2.05, 4.69) is 11.8 Å². The molecule has 0 amide bonds. The van der Waals surface area contributed by atoms with Crippen molar-refractivity contribution in [3.63, 3.8) is 0 Å². The Labute approximate surface area is 130 Å². The Bertz CT molecular complexity index is 509. The van der Waals surface area contributed by atoms with Crippen LogP contribution < -0.4 is 9.47 Å². The van der Waals surface area contributed by atoms with Crippen LogP contribution in [0.4, 0.5) is 0 Å². The van der Waals surface area contributed by atoms with Gasteiger partial charge >= 0.3 is 0 Å². The Balaban J connectivity index is 1.74. The second-order valence-electron chi connectivity index (χ2n) is 6.02. The van der Waals surface area contributed by atoms with E-state index in [1.165, 1.54) is 0 Å². The maximum Gasteiger partial charge on any atom is 0.179 e. The summed E-state index contributed by atoms with van der Waals surface area (Å²) in [5, 5.41) is 10.6. The highest BCUT2D eigenvalue weighted by Gasteiger charge is 2.25. The lowest BCUT2D eigenvalue weighted by Crippen LogP contribution is -2.42. The molecular formula is C16H22ClNO3. The van der Waals surface area contributed by atoms with Gasteiger partial charge in [-0.3, -0.25) is 4.90 Å². The van der Waals surface area contributed by atoms with Crippen LogP contribution in [0.15, 0.2) is 12.1 Å². The highest BCUT2D eigenvalue weighted by molar-refractivity contribution is 6.32. The first-order valence-corrected chi connectivity index (χ1v) is 7.99. The van der Waals surface area contributed by atoms with E-state index in [0.717, 1.165) is 37.2 Å². The van der Waals surface area contributed by atoms with Crippen LogP contribution in [-0.2, 0) is 6.54 Å². The van der Waals surface area contributed by atoms with E-state index in [1.807, 2.05) is 12.1 Å². The normalized spacial score (nSPS) is 26.4. The first kappa shape index (κ1) is 14.9. The number of nitrogens with zero attached hydrogens (tertiary/aromatic N) is 1. The fourth-order valence-corrected chi connectivity index (χ4v) is 3.18. The number of halogens is 1. The summed E-state index contributed by atoms with van der Waals surface area (Å²) < 4.78 is 11.4. The molecule has 2 aliphatic rings. The topological polar surface area (TPSA) is 41.9 Å². The smallest absolute Gasteiger partial charge is 0.179 e. The largest absolute Gasteiger partial charge is 0.489 e. The Hall–Kier alpha value is -0.970. The molecule has 5 heteroatoms. The van der Waals surface area contributed by atoms with Gasteiger partial charge in [0.05, 0.1) is 24.3 Å². The van der Waals surface area contributed by atoms with Crippen molar-refractivity contribution in [3.8, 4) is 11.5 Å². The number of rotatable bonds is 2. The zero-order chi connectivity index (χ0) is 14.8. The van der Waals surface area contributed by atoms with E-state index in [4.69, 9.17) is 21.1 Å². The number of aliphatic hydroxyl groups excluding tert-OH is 1. The van der Waals surface area contributed by atoms with Gasteiger partial charge in [0.2, 0.25) is 0 Å².